The second-order valence-electron chi connectivity index (χ2n) is 3.96. The van der Waals surface area contributed by atoms with E-state index < -0.39 is 11.9 Å². The van der Waals surface area contributed by atoms with Gasteiger partial charge in [0.1, 0.15) is 5.82 Å². The normalized spacial score (nSPS) is 11.7. The number of aromatic nitrogens is 1. The van der Waals surface area contributed by atoms with Gasteiger partial charge in [-0.2, -0.15) is 0 Å². The van der Waals surface area contributed by atoms with Gasteiger partial charge >= 0.3 is 11.9 Å². The van der Waals surface area contributed by atoms with E-state index in [1.807, 2.05) is 0 Å². The Balaban J connectivity index is 2.78. The predicted octanol–water partition coefficient (Wildman–Crippen LogP) is 1.45. The molecule has 6 nitrogen and oxygen atoms in total. The third-order valence-electron chi connectivity index (χ3n) is 2.37. The van der Waals surface area contributed by atoms with Crippen LogP contribution in [0.5, 0.6) is 0 Å². The van der Waals surface area contributed by atoms with Gasteiger partial charge in [0.25, 0.3) is 0 Å². The maximum Gasteiger partial charge on any atom is 0.339 e. The van der Waals surface area contributed by atoms with Crippen molar-refractivity contribution in [3.63, 3.8) is 0 Å². The predicted molar refractivity (Wildman–Crippen MR) is 65.7 cm³/mol. The molecule has 0 saturated carbocycles. The molecule has 0 aromatic carbocycles. The number of hydrogen-bond donors (Lipinski definition) is 2. The molecule has 98 valence electrons. The number of ether oxygens (including phenoxy) is 1. The van der Waals surface area contributed by atoms with Gasteiger partial charge < -0.3 is 15.2 Å². The highest BCUT2D eigenvalue weighted by Crippen LogP contribution is 2.13. The molecule has 0 aliphatic carbocycles. The van der Waals surface area contributed by atoms with E-state index in [0.717, 1.165) is 0 Å². The molecule has 0 aliphatic rings. The van der Waals surface area contributed by atoms with Gasteiger partial charge in [-0.05, 0) is 26.0 Å². The average molecular weight is 252 g/mol. The zero-order valence-electron chi connectivity index (χ0n) is 10.6. The Morgan fingerprint density at radius 2 is 2.17 bits per heavy atom. The molecule has 0 aliphatic heterocycles. The fourth-order valence-electron chi connectivity index (χ4n) is 1.53. The molecule has 1 rings (SSSR count). The quantitative estimate of drug-likeness (QED) is 0.771. The fraction of sp³-hybridized carbons (Fsp3) is 0.417. The molecule has 1 aromatic heterocycles. The van der Waals surface area contributed by atoms with Gasteiger partial charge in [-0.15, -0.1) is 0 Å². The highest BCUT2D eigenvalue weighted by Gasteiger charge is 2.12. The Hall–Kier alpha value is -2.11. The molecule has 1 heterocycles. The molecule has 6 heteroatoms. The minimum atomic E-state index is -0.877. The summed E-state index contributed by atoms with van der Waals surface area (Å²) < 4.78 is 4.61. The summed E-state index contributed by atoms with van der Waals surface area (Å²) in [6.07, 6.45) is -0.000515. The number of carbonyl (C=O) groups is 2. The van der Waals surface area contributed by atoms with Gasteiger partial charge in [0, 0.05) is 6.04 Å². The molecule has 1 aromatic rings. The highest BCUT2D eigenvalue weighted by molar-refractivity contribution is 5.90. The number of esters is 1. The van der Waals surface area contributed by atoms with E-state index in [2.05, 4.69) is 15.0 Å². The van der Waals surface area contributed by atoms with Crippen molar-refractivity contribution in [2.24, 2.45) is 0 Å². The molecular weight excluding hydrogens is 236 g/mol. The number of nitrogens with zero attached hydrogens (tertiary/aromatic N) is 1. The number of pyridine rings is 1. The van der Waals surface area contributed by atoms with Gasteiger partial charge in [0.2, 0.25) is 0 Å². The Labute approximate surface area is 105 Å². The van der Waals surface area contributed by atoms with Crippen molar-refractivity contribution in [2.45, 2.75) is 26.3 Å². The van der Waals surface area contributed by atoms with E-state index in [1.54, 1.807) is 26.0 Å². The second kappa shape index (κ2) is 6.00. The molecule has 18 heavy (non-hydrogen) atoms. The van der Waals surface area contributed by atoms with Crippen LogP contribution >= 0.6 is 0 Å². The summed E-state index contributed by atoms with van der Waals surface area (Å²) in [7, 11) is 1.31. The molecule has 0 bridgehead atoms. The van der Waals surface area contributed by atoms with Crippen molar-refractivity contribution in [3.05, 3.63) is 23.4 Å². The summed E-state index contributed by atoms with van der Waals surface area (Å²) in [6.45, 7) is 3.44. The van der Waals surface area contributed by atoms with Gasteiger partial charge in [0.15, 0.2) is 0 Å². The van der Waals surface area contributed by atoms with Gasteiger partial charge in [-0.1, -0.05) is 0 Å². The van der Waals surface area contributed by atoms with Crippen molar-refractivity contribution in [1.82, 2.24) is 4.98 Å². The Morgan fingerprint density at radius 1 is 1.50 bits per heavy atom. The van der Waals surface area contributed by atoms with E-state index >= 15 is 0 Å². The van der Waals surface area contributed by atoms with Crippen LogP contribution in [0.25, 0.3) is 0 Å². The Kier molecular flexibility index (Phi) is 4.65. The van der Waals surface area contributed by atoms with E-state index in [0.29, 0.717) is 17.1 Å². The van der Waals surface area contributed by atoms with Gasteiger partial charge in [0.05, 0.1) is 24.8 Å². The second-order valence-corrected chi connectivity index (χ2v) is 3.96. The van der Waals surface area contributed by atoms with Crippen LogP contribution in [0.2, 0.25) is 0 Å². The smallest absolute Gasteiger partial charge is 0.339 e. The minimum absolute atomic E-state index is 0.000515. The maximum absolute atomic E-state index is 11.4. The molecule has 1 unspecified atom stereocenters. The van der Waals surface area contributed by atoms with Gasteiger partial charge in [-0.25, -0.2) is 9.78 Å². The first-order valence-electron chi connectivity index (χ1n) is 5.48. The standard InChI is InChI=1S/C12H16N2O4/c1-7(6-11(15)16)13-10-5-4-9(8(2)14-10)12(17)18-3/h4-5,7H,6H2,1-3H3,(H,13,14)(H,15,16). The van der Waals surface area contributed by atoms with Crippen molar-refractivity contribution >= 4 is 17.8 Å². The van der Waals surface area contributed by atoms with Crippen LogP contribution in [-0.4, -0.2) is 35.2 Å². The van der Waals surface area contributed by atoms with Crippen LogP contribution in [-0.2, 0) is 9.53 Å². The lowest BCUT2D eigenvalue weighted by Gasteiger charge is -2.13. The number of anilines is 1. The summed E-state index contributed by atoms with van der Waals surface area (Å²) in [5.41, 5.74) is 0.934. The number of methoxy groups -OCH3 is 1. The summed E-state index contributed by atoms with van der Waals surface area (Å²) >= 11 is 0. The summed E-state index contributed by atoms with van der Waals surface area (Å²) in [5, 5.41) is 11.6. The van der Waals surface area contributed by atoms with Gasteiger partial charge in [-0.3, -0.25) is 4.79 Å². The monoisotopic (exact) mass is 252 g/mol. The van der Waals surface area contributed by atoms with E-state index in [-0.39, 0.29) is 12.5 Å². The number of carbonyl (C=O) groups excluding carboxylic acids is 1. The molecule has 0 radical (unpaired) electrons. The molecule has 0 saturated heterocycles. The summed E-state index contributed by atoms with van der Waals surface area (Å²) in [4.78, 5) is 26.1. The SMILES string of the molecule is COC(=O)c1ccc(NC(C)CC(=O)O)nc1C. The van der Waals surface area contributed by atoms with Crippen LogP contribution in [0.3, 0.4) is 0 Å². The van der Waals surface area contributed by atoms with Crippen molar-refractivity contribution in [1.29, 1.82) is 0 Å². The summed E-state index contributed by atoms with van der Waals surface area (Å²) in [6, 6.07) is 2.99. The fourth-order valence-corrected chi connectivity index (χ4v) is 1.53. The largest absolute Gasteiger partial charge is 0.481 e. The van der Waals surface area contributed by atoms with Crippen LogP contribution in [0.4, 0.5) is 5.82 Å². The number of carboxylic acids is 1. The molecule has 0 fully saturated rings. The molecular formula is C12H16N2O4. The Bertz CT molecular complexity index is 459. The topological polar surface area (TPSA) is 88.5 Å². The first kappa shape index (κ1) is 14.0. The first-order valence-corrected chi connectivity index (χ1v) is 5.48. The number of carboxylic acid groups (broad SMARTS) is 1. The van der Waals surface area contributed by atoms with Crippen molar-refractivity contribution in [2.75, 3.05) is 12.4 Å². The highest BCUT2D eigenvalue weighted by atomic mass is 16.5. The van der Waals surface area contributed by atoms with Crippen LogP contribution in [0.1, 0.15) is 29.4 Å². The zero-order valence-corrected chi connectivity index (χ0v) is 10.6. The molecule has 1 atom stereocenters. The van der Waals surface area contributed by atoms with Crippen LogP contribution < -0.4 is 5.32 Å². The Morgan fingerprint density at radius 3 is 2.67 bits per heavy atom. The molecule has 0 amide bonds. The number of aliphatic carboxylic acids is 1. The molecule has 0 spiro atoms. The average Bonchev–Trinajstić information content (AvgIpc) is 2.27. The van der Waals surface area contributed by atoms with Crippen LogP contribution in [0, 0.1) is 6.92 Å². The summed E-state index contributed by atoms with van der Waals surface area (Å²) in [5.74, 6) is -0.781. The van der Waals surface area contributed by atoms with E-state index in [1.165, 1.54) is 7.11 Å². The minimum Gasteiger partial charge on any atom is -0.481 e. The van der Waals surface area contributed by atoms with E-state index in [4.69, 9.17) is 5.11 Å². The third kappa shape index (κ3) is 3.73. The lowest BCUT2D eigenvalue weighted by atomic mass is 10.2. The lowest BCUT2D eigenvalue weighted by molar-refractivity contribution is -0.137. The molecule has 2 N–H and O–H groups in total. The number of hydrogen-bond acceptors (Lipinski definition) is 5. The van der Waals surface area contributed by atoms with Crippen LogP contribution in [0.15, 0.2) is 12.1 Å². The maximum atomic E-state index is 11.4. The zero-order chi connectivity index (χ0) is 13.7. The number of aryl methyl sites for hydroxylation is 1. The lowest BCUT2D eigenvalue weighted by Crippen LogP contribution is -2.20. The third-order valence-corrected chi connectivity index (χ3v) is 2.37. The van der Waals surface area contributed by atoms with Crippen molar-refractivity contribution in [3.8, 4) is 0 Å². The van der Waals surface area contributed by atoms with E-state index in [9.17, 15) is 9.59 Å². The number of rotatable bonds is 5. The number of nitrogens with one attached hydrogen (secondary N) is 1. The van der Waals surface area contributed by atoms with Crippen molar-refractivity contribution < 1.29 is 19.4 Å². The first-order chi connectivity index (χ1) is 8.43.